The molecule has 4 atom stereocenters. The molecule has 1 fully saturated rings. The molecule has 0 aliphatic heterocycles. The minimum Gasteiger partial charge on any atom is -0.494 e. The molecular weight excluding hydrogens is 1970 g/mol. The number of ether oxygens (including phenoxy) is 9. The average molecular weight is 2070 g/mol. The molecule has 8 aromatic heterocycles. The number of nitrogens with one attached hydrogen (secondary N) is 4. The van der Waals surface area contributed by atoms with Crippen LogP contribution in [0.15, 0.2) is 190 Å². The number of nitrogens with zero attached hydrogens (tertiary/aromatic N) is 12. The molecular formula is C100H100F8N20O13S4. The molecule has 17 rings (SSSR count). The monoisotopic (exact) mass is 2070 g/mol. The van der Waals surface area contributed by atoms with Crippen molar-refractivity contribution in [3.8, 4) is 91.0 Å². The van der Waals surface area contributed by atoms with Crippen LogP contribution in [-0.4, -0.2) is 169 Å². The molecule has 33 nitrogen and oxygen atoms in total. The van der Waals surface area contributed by atoms with E-state index in [1.807, 2.05) is 58.0 Å². The van der Waals surface area contributed by atoms with Gasteiger partial charge in [0.05, 0.1) is 136 Å². The lowest BCUT2D eigenvalue weighted by atomic mass is 10.0. The molecule has 145 heavy (non-hydrogen) atoms. The fourth-order valence-corrected chi connectivity index (χ4v) is 20.0. The SMILES string of the molecule is C.C=S(=O)(Nc1cc(-c2cc(OC(C)C)c3nc(N)nc(C)c3c2)cnc1OC)c1ccc(F)cc1F.C=S(=O)(Nc1cc(-c2cc(OC)c3nc(N)nc(C)c3c2)cnc1OC)c1ccc(F)cc1F.C=S(=O)(Nc1cc(-c2cc(OCC3CC3)c3nc(N)nc(C)c3c2)cnc1OC)c1ccc(F)cc1F.C=S(=O)(Nc1cc(-c2cc(OCCOC)c3nc(N)nc(C)c3c2)cnc1OC)c1ccc(F)cc1F. The Morgan fingerprint density at radius 2 is 0.607 bits per heavy atom. The quantitative estimate of drug-likeness (QED) is 0.0118. The minimum atomic E-state index is -3.45. The van der Waals surface area contributed by atoms with Crippen molar-refractivity contribution in [3.63, 3.8) is 0 Å². The molecule has 8 heterocycles. The summed E-state index contributed by atoms with van der Waals surface area (Å²) in [6, 6.07) is 32.2. The Morgan fingerprint density at radius 1 is 0.345 bits per heavy atom. The molecule has 16 aromatic rings. The maximum atomic E-state index is 14.4. The smallest absolute Gasteiger partial charge is 0.238 e. The van der Waals surface area contributed by atoms with Gasteiger partial charge < -0.3 is 84.5 Å². The second-order valence-corrected chi connectivity index (χ2v) is 40.6. The lowest BCUT2D eigenvalue weighted by Crippen LogP contribution is -2.15. The van der Waals surface area contributed by atoms with Gasteiger partial charge in [-0.3, -0.25) is 0 Å². The first-order valence-corrected chi connectivity index (χ1v) is 50.1. The zero-order valence-corrected chi connectivity index (χ0v) is 82.6. The summed E-state index contributed by atoms with van der Waals surface area (Å²) in [5, 5.41) is 2.93. The van der Waals surface area contributed by atoms with Crippen LogP contribution in [0.25, 0.3) is 88.1 Å². The highest BCUT2D eigenvalue weighted by molar-refractivity contribution is 8.02. The summed E-state index contributed by atoms with van der Waals surface area (Å²) in [6.45, 7) is 12.3. The minimum absolute atomic E-state index is 0. The first-order chi connectivity index (χ1) is 68.4. The highest BCUT2D eigenvalue weighted by atomic mass is 32.2. The highest BCUT2D eigenvalue weighted by Crippen LogP contribution is 2.44. The lowest BCUT2D eigenvalue weighted by molar-refractivity contribution is 0.147. The Hall–Kier alpha value is -16.0. The summed E-state index contributed by atoms with van der Waals surface area (Å²) in [5.41, 5.74) is 34.4. The predicted molar refractivity (Wildman–Crippen MR) is 553 cm³/mol. The average Bonchev–Trinajstić information content (AvgIpc) is 1.57. The number of aryl methyl sites for hydroxylation is 4. The second kappa shape index (κ2) is 44.2. The number of anilines is 8. The first-order valence-electron chi connectivity index (χ1n) is 43.2. The number of hydrogen-bond donors (Lipinski definition) is 8. The van der Waals surface area contributed by atoms with E-state index >= 15 is 0 Å². The summed E-state index contributed by atoms with van der Waals surface area (Å²) in [6.07, 6.45) is 8.40. The lowest BCUT2D eigenvalue weighted by Gasteiger charge is -2.18. The van der Waals surface area contributed by atoms with Crippen LogP contribution >= 0.6 is 0 Å². The molecule has 0 radical (unpaired) electrons. The molecule has 8 aromatic carbocycles. The van der Waals surface area contributed by atoms with E-state index in [0.29, 0.717) is 156 Å². The Balaban J connectivity index is 0.000000162. The van der Waals surface area contributed by atoms with Crippen LogP contribution in [0.4, 0.5) is 81.7 Å². The van der Waals surface area contributed by atoms with Gasteiger partial charge in [-0.1, -0.05) is 7.43 Å². The number of aromatic nitrogens is 12. The number of fused-ring (bicyclic) bond motifs is 4. The van der Waals surface area contributed by atoms with Gasteiger partial charge in [0.15, 0.2) is 0 Å². The molecule has 1 aliphatic rings. The van der Waals surface area contributed by atoms with Gasteiger partial charge in [0.2, 0.25) is 47.3 Å². The number of rotatable bonds is 30. The number of nitrogens with two attached hydrogens (primary N) is 4. The number of methoxy groups -OCH3 is 6. The van der Waals surface area contributed by atoms with Gasteiger partial charge in [0.25, 0.3) is 0 Å². The molecule has 4 unspecified atom stereocenters. The Labute approximate surface area is 830 Å². The maximum Gasteiger partial charge on any atom is 0.238 e. The molecule has 0 spiro atoms. The number of pyridine rings is 4. The van der Waals surface area contributed by atoms with Crippen LogP contribution in [0.1, 0.15) is 56.9 Å². The normalized spacial score (nSPS) is 13.3. The van der Waals surface area contributed by atoms with E-state index in [2.05, 4.69) is 102 Å². The van der Waals surface area contributed by atoms with Crippen molar-refractivity contribution in [1.82, 2.24) is 59.8 Å². The van der Waals surface area contributed by atoms with Crippen LogP contribution in [0.2, 0.25) is 0 Å². The third kappa shape index (κ3) is 24.7. The predicted octanol–water partition coefficient (Wildman–Crippen LogP) is 18.1. The topological polar surface area (TPSA) is 458 Å². The summed E-state index contributed by atoms with van der Waals surface area (Å²) in [4.78, 5) is 50.5. The fourth-order valence-electron chi connectivity index (χ4n) is 14.9. The highest BCUT2D eigenvalue weighted by Gasteiger charge is 2.29. The number of halogens is 8. The number of hydrogen-bond acceptors (Lipinski definition) is 29. The van der Waals surface area contributed by atoms with Gasteiger partial charge in [0.1, 0.15) is 121 Å². The van der Waals surface area contributed by atoms with Crippen LogP contribution in [0.5, 0.6) is 46.5 Å². The molecule has 758 valence electrons. The van der Waals surface area contributed by atoms with E-state index in [-0.39, 0.29) is 110 Å². The number of nitrogen functional groups attached to an aromatic ring is 4. The van der Waals surface area contributed by atoms with Crippen LogP contribution in [0.3, 0.4) is 0 Å². The Kier molecular flexibility index (Phi) is 32.4. The van der Waals surface area contributed by atoms with Crippen molar-refractivity contribution in [2.45, 2.75) is 87.5 Å². The van der Waals surface area contributed by atoms with Crippen LogP contribution in [-0.2, 0) is 43.6 Å². The largest absolute Gasteiger partial charge is 0.494 e. The van der Waals surface area contributed by atoms with Gasteiger partial charge in [-0.25, -0.2) is 112 Å². The first kappa shape index (κ1) is 106. The third-order valence-electron chi connectivity index (χ3n) is 21.8. The van der Waals surface area contributed by atoms with Crippen LogP contribution in [0, 0.1) is 80.2 Å². The zero-order chi connectivity index (χ0) is 104. The van der Waals surface area contributed by atoms with Crippen molar-refractivity contribution in [3.05, 3.63) is 240 Å². The molecule has 1 aliphatic carbocycles. The zero-order valence-electron chi connectivity index (χ0n) is 79.3. The summed E-state index contributed by atoms with van der Waals surface area (Å²) in [5.74, 6) is 11.0. The van der Waals surface area contributed by atoms with E-state index in [1.54, 1.807) is 88.2 Å². The third-order valence-corrected chi connectivity index (χ3v) is 28.2. The van der Waals surface area contributed by atoms with Crippen molar-refractivity contribution in [2.24, 2.45) is 5.92 Å². The molecule has 0 bridgehead atoms. The van der Waals surface area contributed by atoms with Crippen molar-refractivity contribution in [1.29, 1.82) is 0 Å². The summed E-state index contributed by atoms with van der Waals surface area (Å²) >= 11 is 0. The Morgan fingerprint density at radius 3 is 0.862 bits per heavy atom. The van der Waals surface area contributed by atoms with E-state index in [9.17, 15) is 52.0 Å². The van der Waals surface area contributed by atoms with Crippen molar-refractivity contribution < 1.29 is 94.6 Å². The molecule has 45 heteroatoms. The van der Waals surface area contributed by atoms with Gasteiger partial charge in [-0.2, -0.15) is 0 Å². The van der Waals surface area contributed by atoms with Gasteiger partial charge in [-0.05, 0) is 227 Å². The summed E-state index contributed by atoms with van der Waals surface area (Å²) < 4.78 is 225. The second-order valence-electron chi connectivity index (χ2n) is 32.6. The maximum absolute atomic E-state index is 14.4. The van der Waals surface area contributed by atoms with Gasteiger partial charge >= 0.3 is 0 Å². The summed E-state index contributed by atoms with van der Waals surface area (Å²) in [7, 11) is -5.07. The van der Waals surface area contributed by atoms with Crippen LogP contribution < -0.4 is 79.7 Å². The molecule has 1 saturated carbocycles. The Bertz CT molecular complexity index is 8200. The standard InChI is InChI=1S/C26H25F2N5O3S.C25H25F2N5O4S.C25H25F2N5O3S.C23H21F2N5O3S.CH4/c1-14-19-8-16(10-22(36-13-15-4-5-15)24(19)32-26(29)31-14)17-9-21(25(35-2)30-12-17)33-37(3,34)23-7-6-18(27)11-20(23)28;1-14-18-9-15(11-21(36-8-7-34-2)23(18)31-25(28)30-14)16-10-20(24(35-3)29-13-16)32-37(4,33)22-6-5-17(26)12-19(22)27;1-13(2)35-21-10-15(8-18-14(3)30-25(28)31-23(18)21)16-9-20(24(34-4)29-12-16)32-36(5,33)22-7-6-17(26)11-19(22)27;1-12-16-7-13(9-19(32-2)21(16)29-23(26)28-12)14-8-18(22(33-3)27-11-14)30-34(4,31)20-6-5-15(24)10-17(20)25;/h6-12,15H,3-5,13H2,1-2H3,(H,33,34)(H2,29,31,32);5-6,9-13H,4,7-8H2,1-3H3,(H,32,33)(H2,28,30,31);6-13H,5H2,1-4H3,(H,32,33)(H2,28,30,31);5-11H,4H2,1-3H3,(H,30,31)(H2,26,28,29);1H4. The van der Waals surface area contributed by atoms with Crippen molar-refractivity contribution >= 4 is 152 Å². The van der Waals surface area contributed by atoms with E-state index in [4.69, 9.17) is 65.6 Å². The molecule has 0 amide bonds. The van der Waals surface area contributed by atoms with E-state index < -0.39 is 85.4 Å². The van der Waals surface area contributed by atoms with Gasteiger partial charge in [0, 0.05) is 100.0 Å². The van der Waals surface area contributed by atoms with Crippen molar-refractivity contribution in [2.75, 3.05) is 104 Å². The van der Waals surface area contributed by atoms with Gasteiger partial charge in [-0.15, -0.1) is 0 Å². The molecule has 0 saturated heterocycles. The van der Waals surface area contributed by atoms with E-state index in [1.165, 1.54) is 35.5 Å². The molecule has 12 N–H and O–H groups in total. The van der Waals surface area contributed by atoms with E-state index in [0.717, 1.165) is 83.1 Å². The number of benzene rings is 8. The fraction of sp³-hybridized carbons (Fsp3) is 0.200.